The van der Waals surface area contributed by atoms with Gasteiger partial charge in [0.15, 0.2) is 0 Å². The number of hydrogen-bond acceptors (Lipinski definition) is 4. The van der Waals surface area contributed by atoms with Crippen molar-refractivity contribution in [3.05, 3.63) is 72.2 Å². The Morgan fingerprint density at radius 3 is 2.68 bits per heavy atom. The van der Waals surface area contributed by atoms with E-state index in [1.807, 2.05) is 41.2 Å². The second kappa shape index (κ2) is 7.17. The van der Waals surface area contributed by atoms with Gasteiger partial charge in [0.2, 0.25) is 0 Å². The van der Waals surface area contributed by atoms with Crippen LogP contribution >= 0.6 is 0 Å². The maximum Gasteiger partial charge on any atom is 0.0983 e. The molecular formula is C20H22N4O. The second-order valence-electron chi connectivity index (χ2n) is 6.61. The number of rotatable bonds is 5. The third-order valence-electron chi connectivity index (χ3n) is 4.60. The molecule has 1 aromatic carbocycles. The topological polar surface area (TPSA) is 54.2 Å². The first-order valence-electron chi connectivity index (χ1n) is 8.69. The van der Waals surface area contributed by atoms with E-state index in [4.69, 9.17) is 5.10 Å². The van der Waals surface area contributed by atoms with E-state index in [0.717, 1.165) is 43.9 Å². The average molecular weight is 334 g/mol. The molecule has 3 heterocycles. The minimum Gasteiger partial charge on any atom is -0.392 e. The van der Waals surface area contributed by atoms with Crippen LogP contribution in [0.15, 0.2) is 61.1 Å². The molecule has 0 saturated carbocycles. The van der Waals surface area contributed by atoms with E-state index < -0.39 is 0 Å². The van der Waals surface area contributed by atoms with Gasteiger partial charge in [0, 0.05) is 49.4 Å². The summed E-state index contributed by atoms with van der Waals surface area (Å²) in [4.78, 5) is 6.52. The maximum atomic E-state index is 9.79. The van der Waals surface area contributed by atoms with Gasteiger partial charge in [0.05, 0.1) is 18.3 Å². The predicted molar refractivity (Wildman–Crippen MR) is 96.9 cm³/mol. The van der Waals surface area contributed by atoms with Crippen LogP contribution in [0.2, 0.25) is 0 Å². The Morgan fingerprint density at radius 2 is 1.96 bits per heavy atom. The first-order valence-corrected chi connectivity index (χ1v) is 8.69. The fourth-order valence-corrected chi connectivity index (χ4v) is 3.37. The van der Waals surface area contributed by atoms with Crippen molar-refractivity contribution in [2.24, 2.45) is 0 Å². The van der Waals surface area contributed by atoms with Crippen molar-refractivity contribution in [1.29, 1.82) is 0 Å². The number of aromatic nitrogens is 3. The quantitative estimate of drug-likeness (QED) is 0.779. The van der Waals surface area contributed by atoms with Gasteiger partial charge in [0.25, 0.3) is 0 Å². The van der Waals surface area contributed by atoms with E-state index in [-0.39, 0.29) is 6.10 Å². The lowest BCUT2D eigenvalue weighted by Gasteiger charge is -2.14. The number of β-amino-alcohol motifs (C(OH)–C–C–N with tert-alkyl or cyclic N) is 1. The van der Waals surface area contributed by atoms with Crippen LogP contribution < -0.4 is 0 Å². The van der Waals surface area contributed by atoms with Crippen molar-refractivity contribution >= 4 is 0 Å². The fraction of sp³-hybridized carbons (Fsp3) is 0.300. The van der Waals surface area contributed by atoms with Gasteiger partial charge in [0.1, 0.15) is 0 Å². The summed E-state index contributed by atoms with van der Waals surface area (Å²) in [6.07, 6.45) is 6.40. The van der Waals surface area contributed by atoms with Gasteiger partial charge in [-0.15, -0.1) is 0 Å². The van der Waals surface area contributed by atoms with E-state index in [9.17, 15) is 5.11 Å². The summed E-state index contributed by atoms with van der Waals surface area (Å²) < 4.78 is 2.00. The minimum absolute atomic E-state index is 0.207. The van der Waals surface area contributed by atoms with Crippen LogP contribution in [0.1, 0.15) is 17.5 Å². The molecule has 0 amide bonds. The number of hydrogen-bond donors (Lipinski definition) is 1. The van der Waals surface area contributed by atoms with Crippen molar-refractivity contribution in [3.8, 4) is 11.3 Å². The maximum absolute atomic E-state index is 9.79. The van der Waals surface area contributed by atoms with E-state index in [1.165, 1.54) is 11.1 Å². The molecule has 1 atom stereocenters. The molecule has 1 aliphatic rings. The van der Waals surface area contributed by atoms with Crippen LogP contribution in [0.5, 0.6) is 0 Å². The highest BCUT2D eigenvalue weighted by Gasteiger charge is 2.22. The third kappa shape index (κ3) is 3.78. The smallest absolute Gasteiger partial charge is 0.0983 e. The molecule has 1 N–H and O–H groups in total. The molecule has 1 fully saturated rings. The van der Waals surface area contributed by atoms with Gasteiger partial charge >= 0.3 is 0 Å². The highest BCUT2D eigenvalue weighted by atomic mass is 16.3. The molecule has 0 radical (unpaired) electrons. The molecule has 0 aliphatic carbocycles. The van der Waals surface area contributed by atoms with Gasteiger partial charge in [-0.25, -0.2) is 0 Å². The Balaban J connectivity index is 1.63. The van der Waals surface area contributed by atoms with Crippen LogP contribution in [0, 0.1) is 0 Å². The molecule has 2 aromatic heterocycles. The van der Waals surface area contributed by atoms with Gasteiger partial charge in [-0.2, -0.15) is 5.10 Å². The Hall–Kier alpha value is -2.50. The fourth-order valence-electron chi connectivity index (χ4n) is 3.37. The Kier molecular flexibility index (Phi) is 4.59. The number of aliphatic hydroxyl groups is 1. The van der Waals surface area contributed by atoms with Crippen LogP contribution in [0.25, 0.3) is 11.3 Å². The van der Waals surface area contributed by atoms with Crippen LogP contribution in [0.3, 0.4) is 0 Å². The number of likely N-dealkylation sites (tertiary alicyclic amines) is 1. The standard InChI is InChI=1S/C20H22N4O/c25-19-8-10-23(15-19)13-18-14-24(12-16-5-2-1-3-6-16)22-20(18)17-7-4-9-21-11-17/h1-7,9,11,14,19,25H,8,10,12-13,15H2/t19-/m1/s1. The molecule has 1 aliphatic heterocycles. The average Bonchev–Trinajstić information content (AvgIpc) is 3.23. The number of benzene rings is 1. The molecule has 3 aromatic rings. The van der Waals surface area contributed by atoms with Gasteiger partial charge < -0.3 is 5.11 Å². The van der Waals surface area contributed by atoms with Gasteiger partial charge in [-0.05, 0) is 24.1 Å². The minimum atomic E-state index is -0.207. The molecule has 25 heavy (non-hydrogen) atoms. The summed E-state index contributed by atoms with van der Waals surface area (Å²) in [5, 5.41) is 14.6. The Morgan fingerprint density at radius 1 is 1.08 bits per heavy atom. The molecule has 0 bridgehead atoms. The molecule has 5 heteroatoms. The summed E-state index contributed by atoms with van der Waals surface area (Å²) in [6, 6.07) is 14.3. The SMILES string of the molecule is O[C@@H]1CCN(Cc2cn(Cc3ccccc3)nc2-c2cccnc2)C1. The lowest BCUT2D eigenvalue weighted by atomic mass is 10.1. The van der Waals surface area contributed by atoms with Gasteiger partial charge in [-0.1, -0.05) is 30.3 Å². The lowest BCUT2D eigenvalue weighted by Crippen LogP contribution is -2.21. The van der Waals surface area contributed by atoms with E-state index in [0.29, 0.717) is 0 Å². The summed E-state index contributed by atoms with van der Waals surface area (Å²) >= 11 is 0. The molecule has 128 valence electrons. The first kappa shape index (κ1) is 16.0. The number of pyridine rings is 1. The van der Waals surface area contributed by atoms with Crippen molar-refractivity contribution < 1.29 is 5.11 Å². The monoisotopic (exact) mass is 334 g/mol. The van der Waals surface area contributed by atoms with Gasteiger partial charge in [-0.3, -0.25) is 14.6 Å². The van der Waals surface area contributed by atoms with Crippen LogP contribution in [-0.2, 0) is 13.1 Å². The Bertz CT molecular complexity index is 816. The largest absolute Gasteiger partial charge is 0.392 e. The summed E-state index contributed by atoms with van der Waals surface area (Å²) in [5.74, 6) is 0. The van der Waals surface area contributed by atoms with E-state index in [2.05, 4.69) is 28.2 Å². The highest BCUT2D eigenvalue weighted by Crippen LogP contribution is 2.24. The van der Waals surface area contributed by atoms with Crippen LogP contribution in [0.4, 0.5) is 0 Å². The van der Waals surface area contributed by atoms with Crippen molar-refractivity contribution in [2.75, 3.05) is 13.1 Å². The van der Waals surface area contributed by atoms with Crippen LogP contribution in [-0.4, -0.2) is 44.0 Å². The zero-order valence-electron chi connectivity index (χ0n) is 14.1. The number of nitrogens with zero attached hydrogens (tertiary/aromatic N) is 4. The lowest BCUT2D eigenvalue weighted by molar-refractivity contribution is 0.175. The normalized spacial score (nSPS) is 17.9. The molecule has 5 nitrogen and oxygen atoms in total. The van der Waals surface area contributed by atoms with Crippen molar-refractivity contribution in [1.82, 2.24) is 19.7 Å². The molecular weight excluding hydrogens is 312 g/mol. The summed E-state index contributed by atoms with van der Waals surface area (Å²) in [6.45, 7) is 3.21. The molecule has 4 rings (SSSR count). The highest BCUT2D eigenvalue weighted by molar-refractivity contribution is 5.61. The summed E-state index contributed by atoms with van der Waals surface area (Å²) in [7, 11) is 0. The molecule has 0 spiro atoms. The molecule has 1 saturated heterocycles. The van der Waals surface area contributed by atoms with Crippen molar-refractivity contribution in [3.63, 3.8) is 0 Å². The Labute approximate surface area is 147 Å². The summed E-state index contributed by atoms with van der Waals surface area (Å²) in [5.41, 5.74) is 4.42. The molecule has 0 unspecified atom stereocenters. The third-order valence-corrected chi connectivity index (χ3v) is 4.60. The van der Waals surface area contributed by atoms with Crippen molar-refractivity contribution in [2.45, 2.75) is 25.6 Å². The predicted octanol–water partition coefficient (Wildman–Crippen LogP) is 2.56. The zero-order chi connectivity index (χ0) is 17.1. The number of aliphatic hydroxyl groups excluding tert-OH is 1. The first-order chi connectivity index (χ1) is 12.3. The second-order valence-corrected chi connectivity index (χ2v) is 6.61. The zero-order valence-corrected chi connectivity index (χ0v) is 14.1. The van der Waals surface area contributed by atoms with E-state index >= 15 is 0 Å². The van der Waals surface area contributed by atoms with E-state index in [1.54, 1.807) is 6.20 Å².